The zero-order valence-corrected chi connectivity index (χ0v) is 24.6. The number of rotatable bonds is 10. The Morgan fingerprint density at radius 2 is 1.79 bits per heavy atom. The average molecular weight is 542 g/mol. The van der Waals surface area contributed by atoms with Crippen molar-refractivity contribution in [2.45, 2.75) is 79.3 Å². The number of nitrogens with one attached hydrogen (secondary N) is 2. The molecule has 1 saturated heterocycles. The van der Waals surface area contributed by atoms with E-state index in [1.54, 1.807) is 6.07 Å². The molecule has 1 aromatic heterocycles. The van der Waals surface area contributed by atoms with Crippen molar-refractivity contribution in [2.24, 2.45) is 5.92 Å². The molecule has 0 radical (unpaired) electrons. The van der Waals surface area contributed by atoms with Crippen LogP contribution in [0.1, 0.15) is 73.6 Å². The summed E-state index contributed by atoms with van der Waals surface area (Å²) in [5.74, 6) is 0.345. The molecule has 1 aliphatic heterocycles. The number of anilines is 1. The first-order chi connectivity index (χ1) is 18.1. The number of nitrogens with zero attached hydrogens (tertiary/aromatic N) is 3. The second-order valence-electron chi connectivity index (χ2n) is 10.8. The maximum Gasteiger partial charge on any atom is 0.322 e. The van der Waals surface area contributed by atoms with E-state index in [-0.39, 0.29) is 18.0 Å². The molecule has 0 saturated carbocycles. The quantitative estimate of drug-likeness (QED) is 0.350. The number of hydrogen-bond acceptors (Lipinski definition) is 4. The highest BCUT2D eigenvalue weighted by molar-refractivity contribution is 6.29. The molecule has 208 valence electrons. The van der Waals surface area contributed by atoms with Gasteiger partial charge in [0.05, 0.1) is 11.3 Å². The minimum absolute atomic E-state index is 0.00867. The van der Waals surface area contributed by atoms with E-state index in [1.807, 2.05) is 45.0 Å². The predicted molar refractivity (Wildman–Crippen MR) is 156 cm³/mol. The lowest BCUT2D eigenvalue weighted by molar-refractivity contribution is 0.0907. The number of hydrogen-bond donors (Lipinski definition) is 2. The van der Waals surface area contributed by atoms with Crippen molar-refractivity contribution in [3.05, 3.63) is 57.9 Å². The van der Waals surface area contributed by atoms with Gasteiger partial charge in [0.1, 0.15) is 5.15 Å². The van der Waals surface area contributed by atoms with Crippen LogP contribution >= 0.6 is 11.6 Å². The Labute approximate surface area is 233 Å². The summed E-state index contributed by atoms with van der Waals surface area (Å²) in [5, 5.41) is 6.58. The average Bonchev–Trinajstić information content (AvgIpc) is 2.87. The third-order valence-electron chi connectivity index (χ3n) is 7.77. The molecule has 2 heterocycles. The SMILES string of the molecule is CCC(C)CN(C(=O)Nc1ccc(C)cc1)C1CCN([C@H](C)CCNC(=O)c2c(C)cc(Cl)nc2C)CC1. The van der Waals surface area contributed by atoms with Crippen molar-refractivity contribution in [2.75, 3.05) is 31.5 Å². The third-order valence-corrected chi connectivity index (χ3v) is 7.97. The number of carbonyl (C=O) groups is 2. The molecule has 2 atom stereocenters. The number of aryl methyl sites for hydroxylation is 3. The van der Waals surface area contributed by atoms with Crippen LogP contribution in [0.2, 0.25) is 5.15 Å². The molecule has 7 nitrogen and oxygen atoms in total. The molecule has 3 rings (SSSR count). The molecule has 2 N–H and O–H groups in total. The van der Waals surface area contributed by atoms with Gasteiger partial charge in [-0.25, -0.2) is 9.78 Å². The van der Waals surface area contributed by atoms with E-state index in [9.17, 15) is 9.59 Å². The van der Waals surface area contributed by atoms with Crippen LogP contribution in [0.25, 0.3) is 0 Å². The summed E-state index contributed by atoms with van der Waals surface area (Å²) in [6, 6.07) is 10.2. The van der Waals surface area contributed by atoms with Gasteiger partial charge in [-0.15, -0.1) is 0 Å². The Morgan fingerprint density at radius 1 is 1.13 bits per heavy atom. The van der Waals surface area contributed by atoms with E-state index in [4.69, 9.17) is 11.6 Å². The molecule has 8 heteroatoms. The Kier molecular flexibility index (Phi) is 11.0. The molecule has 1 unspecified atom stereocenters. The van der Waals surface area contributed by atoms with Crippen molar-refractivity contribution in [1.29, 1.82) is 0 Å². The number of aromatic nitrogens is 1. The molecule has 0 bridgehead atoms. The fourth-order valence-electron chi connectivity index (χ4n) is 5.13. The normalized spacial score (nSPS) is 16.1. The summed E-state index contributed by atoms with van der Waals surface area (Å²) >= 11 is 6.01. The van der Waals surface area contributed by atoms with Gasteiger partial charge in [-0.05, 0) is 76.6 Å². The van der Waals surface area contributed by atoms with Gasteiger partial charge in [-0.3, -0.25) is 4.79 Å². The second-order valence-corrected chi connectivity index (χ2v) is 11.2. The van der Waals surface area contributed by atoms with Crippen LogP contribution in [-0.4, -0.2) is 65.0 Å². The maximum absolute atomic E-state index is 13.3. The fraction of sp³-hybridized carbons (Fsp3) is 0.567. The molecular formula is C30H44ClN5O2. The van der Waals surface area contributed by atoms with E-state index in [0.29, 0.717) is 34.9 Å². The minimum atomic E-state index is -0.102. The lowest BCUT2D eigenvalue weighted by Gasteiger charge is -2.41. The Balaban J connectivity index is 1.51. The molecule has 1 aliphatic rings. The highest BCUT2D eigenvalue weighted by Crippen LogP contribution is 2.23. The number of halogens is 1. The van der Waals surface area contributed by atoms with Gasteiger partial charge in [0.25, 0.3) is 5.91 Å². The number of carbonyl (C=O) groups excluding carboxylic acids is 2. The molecule has 3 amide bonds. The fourth-order valence-corrected chi connectivity index (χ4v) is 5.42. The van der Waals surface area contributed by atoms with Gasteiger partial charge in [0, 0.05) is 44.0 Å². The van der Waals surface area contributed by atoms with Gasteiger partial charge in [0.15, 0.2) is 0 Å². The van der Waals surface area contributed by atoms with E-state index < -0.39 is 0 Å². The second kappa shape index (κ2) is 13.9. The van der Waals surface area contributed by atoms with Gasteiger partial charge >= 0.3 is 6.03 Å². The Morgan fingerprint density at radius 3 is 2.39 bits per heavy atom. The molecule has 2 aromatic rings. The number of piperidine rings is 1. The molecular weight excluding hydrogens is 498 g/mol. The van der Waals surface area contributed by atoms with Crippen molar-refractivity contribution in [1.82, 2.24) is 20.1 Å². The summed E-state index contributed by atoms with van der Waals surface area (Å²) in [6.45, 7) is 15.6. The summed E-state index contributed by atoms with van der Waals surface area (Å²) in [4.78, 5) is 34.8. The number of amides is 3. The monoisotopic (exact) mass is 541 g/mol. The number of pyridine rings is 1. The Hall–Kier alpha value is -2.64. The van der Waals surface area contributed by atoms with Crippen LogP contribution in [0.5, 0.6) is 0 Å². The van der Waals surface area contributed by atoms with E-state index >= 15 is 0 Å². The largest absolute Gasteiger partial charge is 0.352 e. The number of urea groups is 1. The van der Waals surface area contributed by atoms with Crippen LogP contribution in [0, 0.1) is 26.7 Å². The lowest BCUT2D eigenvalue weighted by Crippen LogP contribution is -2.51. The van der Waals surface area contributed by atoms with Gasteiger partial charge < -0.3 is 20.4 Å². The molecule has 0 spiro atoms. The maximum atomic E-state index is 13.3. The van der Waals surface area contributed by atoms with Gasteiger partial charge in [-0.2, -0.15) is 0 Å². The van der Waals surface area contributed by atoms with Crippen molar-refractivity contribution in [3.63, 3.8) is 0 Å². The number of benzene rings is 1. The highest BCUT2D eigenvalue weighted by Gasteiger charge is 2.30. The van der Waals surface area contributed by atoms with Crippen molar-refractivity contribution >= 4 is 29.2 Å². The first-order valence-corrected chi connectivity index (χ1v) is 14.3. The first kappa shape index (κ1) is 29.9. The zero-order chi connectivity index (χ0) is 27.8. The lowest BCUT2D eigenvalue weighted by atomic mass is 9.99. The van der Waals surface area contributed by atoms with Crippen molar-refractivity contribution in [3.8, 4) is 0 Å². The van der Waals surface area contributed by atoms with Crippen molar-refractivity contribution < 1.29 is 9.59 Å². The molecule has 1 aromatic carbocycles. The molecule has 0 aliphatic carbocycles. The first-order valence-electron chi connectivity index (χ1n) is 13.9. The van der Waals surface area contributed by atoms with Crippen LogP contribution < -0.4 is 10.6 Å². The highest BCUT2D eigenvalue weighted by atomic mass is 35.5. The smallest absolute Gasteiger partial charge is 0.322 e. The van der Waals surface area contributed by atoms with Crippen LogP contribution in [0.3, 0.4) is 0 Å². The van der Waals surface area contributed by atoms with E-state index in [2.05, 4.69) is 46.2 Å². The van der Waals surface area contributed by atoms with Gasteiger partial charge in [-0.1, -0.05) is 49.6 Å². The zero-order valence-electron chi connectivity index (χ0n) is 23.8. The van der Waals surface area contributed by atoms with Crippen LogP contribution in [-0.2, 0) is 0 Å². The summed E-state index contributed by atoms with van der Waals surface area (Å²) < 4.78 is 0. The van der Waals surface area contributed by atoms with Gasteiger partial charge in [0.2, 0.25) is 0 Å². The summed E-state index contributed by atoms with van der Waals surface area (Å²) in [7, 11) is 0. The Bertz CT molecular complexity index is 1060. The van der Waals surface area contributed by atoms with Crippen LogP contribution in [0.15, 0.2) is 30.3 Å². The number of likely N-dealkylation sites (tertiary alicyclic amines) is 1. The molecule has 1 fully saturated rings. The minimum Gasteiger partial charge on any atom is -0.352 e. The summed E-state index contributed by atoms with van der Waals surface area (Å²) in [5.41, 5.74) is 4.10. The van der Waals surface area contributed by atoms with E-state index in [1.165, 1.54) is 5.56 Å². The van der Waals surface area contributed by atoms with Crippen LogP contribution in [0.4, 0.5) is 10.5 Å². The predicted octanol–water partition coefficient (Wildman–Crippen LogP) is 6.21. The third kappa shape index (κ3) is 8.18. The topological polar surface area (TPSA) is 77.6 Å². The standard InChI is InChI=1S/C30H44ClN5O2/c1-7-20(2)19-36(30(38)34-25-10-8-21(3)9-11-25)26-13-16-35(17-14-26)23(5)12-15-32-29(37)28-22(4)18-27(31)33-24(28)6/h8-11,18,20,23,26H,7,12-17,19H2,1-6H3,(H,32,37)(H,34,38)/t20?,23-/m1/s1. The van der Waals surface area contributed by atoms with E-state index in [0.717, 1.165) is 56.6 Å². The summed E-state index contributed by atoms with van der Waals surface area (Å²) in [6.07, 6.45) is 3.80. The molecule has 38 heavy (non-hydrogen) atoms.